The normalized spacial score (nSPS) is 14.9. The van der Waals surface area contributed by atoms with Crippen molar-refractivity contribution in [3.05, 3.63) is 88.7 Å². The standard InChI is InChI=1S/C27H20F4N4O4/c1-26(2)24(38)35(18-9-7-16(13-32)19(12-18)27(29,30)31)25(39)34(26)14-17-5-3-4-6-21(17)33-22-10-8-15(23(36)37)11-20(22)28/h3-12,33H,14H2,1-2H3,(H,36,37). The molecular weight excluding hydrogens is 520 g/mol. The third-order valence-corrected chi connectivity index (χ3v) is 6.34. The van der Waals surface area contributed by atoms with Gasteiger partial charge in [-0.05, 0) is 61.9 Å². The van der Waals surface area contributed by atoms with Crippen LogP contribution in [0.25, 0.3) is 0 Å². The molecule has 1 fully saturated rings. The number of carbonyl (C=O) groups is 3. The third kappa shape index (κ3) is 4.98. The lowest BCUT2D eigenvalue weighted by atomic mass is 10.0. The first kappa shape index (κ1) is 27.1. The van der Waals surface area contributed by atoms with Crippen LogP contribution in [0.5, 0.6) is 0 Å². The number of anilines is 3. The Bertz CT molecular complexity index is 1550. The Hall–Kier alpha value is -4.92. The molecule has 0 aliphatic carbocycles. The van der Waals surface area contributed by atoms with E-state index in [0.717, 1.165) is 18.2 Å². The Morgan fingerprint density at radius 3 is 2.36 bits per heavy atom. The number of nitrogens with zero attached hydrogens (tertiary/aromatic N) is 3. The molecule has 0 radical (unpaired) electrons. The van der Waals surface area contributed by atoms with Crippen LogP contribution in [0.3, 0.4) is 0 Å². The van der Waals surface area contributed by atoms with Crippen LogP contribution in [0, 0.1) is 17.1 Å². The van der Waals surface area contributed by atoms with E-state index in [0.29, 0.717) is 22.2 Å². The number of para-hydroxylation sites is 1. The summed E-state index contributed by atoms with van der Waals surface area (Å²) >= 11 is 0. The van der Waals surface area contributed by atoms with Crippen molar-refractivity contribution in [2.75, 3.05) is 10.2 Å². The Morgan fingerprint density at radius 2 is 1.74 bits per heavy atom. The van der Waals surface area contributed by atoms with E-state index in [1.54, 1.807) is 24.3 Å². The van der Waals surface area contributed by atoms with Crippen molar-refractivity contribution in [2.24, 2.45) is 0 Å². The van der Waals surface area contributed by atoms with Gasteiger partial charge in [-0.1, -0.05) is 18.2 Å². The van der Waals surface area contributed by atoms with Gasteiger partial charge in [0.2, 0.25) is 0 Å². The molecule has 12 heteroatoms. The van der Waals surface area contributed by atoms with Crippen LogP contribution in [0.15, 0.2) is 60.7 Å². The zero-order chi connectivity index (χ0) is 28.7. The summed E-state index contributed by atoms with van der Waals surface area (Å²) in [5, 5.41) is 21.0. The Balaban J connectivity index is 1.67. The number of carboxylic acid groups (broad SMARTS) is 1. The predicted molar refractivity (Wildman–Crippen MR) is 132 cm³/mol. The van der Waals surface area contributed by atoms with Gasteiger partial charge in [-0.3, -0.25) is 4.79 Å². The molecule has 0 spiro atoms. The molecule has 1 saturated heterocycles. The number of benzene rings is 3. The van der Waals surface area contributed by atoms with Crippen molar-refractivity contribution in [3.63, 3.8) is 0 Å². The van der Waals surface area contributed by atoms with E-state index in [2.05, 4.69) is 5.32 Å². The molecule has 0 unspecified atom stereocenters. The van der Waals surface area contributed by atoms with Crippen LogP contribution in [0.2, 0.25) is 0 Å². The predicted octanol–water partition coefficient (Wildman–Crippen LogP) is 5.91. The van der Waals surface area contributed by atoms with E-state index >= 15 is 0 Å². The van der Waals surface area contributed by atoms with Crippen molar-refractivity contribution in [1.29, 1.82) is 5.26 Å². The van der Waals surface area contributed by atoms with E-state index in [1.807, 2.05) is 0 Å². The van der Waals surface area contributed by atoms with Crippen LogP contribution in [-0.2, 0) is 17.5 Å². The van der Waals surface area contributed by atoms with Crippen LogP contribution in [-0.4, -0.2) is 33.5 Å². The molecule has 3 aromatic rings. The van der Waals surface area contributed by atoms with E-state index in [4.69, 9.17) is 10.4 Å². The molecule has 0 saturated carbocycles. The summed E-state index contributed by atoms with van der Waals surface area (Å²) in [5.74, 6) is -2.90. The maximum absolute atomic E-state index is 14.5. The second-order valence-electron chi connectivity index (χ2n) is 9.19. The topological polar surface area (TPSA) is 114 Å². The fourth-order valence-electron chi connectivity index (χ4n) is 4.18. The zero-order valence-electron chi connectivity index (χ0n) is 20.5. The zero-order valence-corrected chi connectivity index (χ0v) is 20.5. The highest BCUT2D eigenvalue weighted by atomic mass is 19.4. The first-order valence-corrected chi connectivity index (χ1v) is 11.4. The van der Waals surface area contributed by atoms with Crippen LogP contribution in [0.4, 0.5) is 39.4 Å². The lowest BCUT2D eigenvalue weighted by Gasteiger charge is -2.28. The highest BCUT2D eigenvalue weighted by molar-refractivity contribution is 6.23. The molecule has 0 atom stereocenters. The average Bonchev–Trinajstić information content (AvgIpc) is 3.04. The number of halogens is 4. The minimum absolute atomic E-state index is 0.0329. The molecule has 3 amide bonds. The number of hydrogen-bond acceptors (Lipinski definition) is 5. The molecular formula is C27H20F4N4O4. The summed E-state index contributed by atoms with van der Waals surface area (Å²) in [7, 11) is 0. The Kier molecular flexibility index (Phi) is 6.78. The lowest BCUT2D eigenvalue weighted by molar-refractivity contribution is -0.137. The first-order chi connectivity index (χ1) is 18.3. The molecule has 4 rings (SSSR count). The molecule has 3 aromatic carbocycles. The molecule has 0 aromatic heterocycles. The number of aromatic carboxylic acids is 1. The summed E-state index contributed by atoms with van der Waals surface area (Å²) < 4.78 is 55.1. The molecule has 200 valence electrons. The van der Waals surface area contributed by atoms with Crippen molar-refractivity contribution in [1.82, 2.24) is 4.90 Å². The average molecular weight is 540 g/mol. The van der Waals surface area contributed by atoms with Gasteiger partial charge in [0.1, 0.15) is 11.4 Å². The summed E-state index contributed by atoms with van der Waals surface area (Å²) in [5.41, 5.74) is -3.20. The lowest BCUT2D eigenvalue weighted by Crippen LogP contribution is -2.43. The largest absolute Gasteiger partial charge is 0.478 e. The minimum atomic E-state index is -4.88. The summed E-state index contributed by atoms with van der Waals surface area (Å²) in [4.78, 5) is 39.6. The van der Waals surface area contributed by atoms with Crippen LogP contribution >= 0.6 is 0 Å². The van der Waals surface area contributed by atoms with Gasteiger partial charge in [0.25, 0.3) is 5.91 Å². The number of rotatable bonds is 6. The number of urea groups is 1. The van der Waals surface area contributed by atoms with Gasteiger partial charge in [-0.2, -0.15) is 18.4 Å². The molecule has 39 heavy (non-hydrogen) atoms. The quantitative estimate of drug-likeness (QED) is 0.297. The molecule has 1 aliphatic heterocycles. The number of hydrogen-bond donors (Lipinski definition) is 2. The molecule has 8 nitrogen and oxygen atoms in total. The van der Waals surface area contributed by atoms with Gasteiger partial charge in [-0.25, -0.2) is 18.9 Å². The summed E-state index contributed by atoms with van der Waals surface area (Å²) in [6.45, 7) is 2.72. The Morgan fingerprint density at radius 1 is 1.05 bits per heavy atom. The van der Waals surface area contributed by atoms with Crippen LogP contribution in [0.1, 0.15) is 40.9 Å². The minimum Gasteiger partial charge on any atom is -0.478 e. The number of carbonyl (C=O) groups excluding carboxylic acids is 2. The first-order valence-electron chi connectivity index (χ1n) is 11.4. The fourth-order valence-corrected chi connectivity index (χ4v) is 4.18. The van der Waals surface area contributed by atoms with E-state index in [-0.39, 0.29) is 23.5 Å². The summed E-state index contributed by atoms with van der Waals surface area (Å²) in [6, 6.07) is 13.0. The number of alkyl halides is 3. The van der Waals surface area contributed by atoms with Gasteiger partial charge in [-0.15, -0.1) is 0 Å². The van der Waals surface area contributed by atoms with E-state index in [9.17, 15) is 31.9 Å². The van der Waals surface area contributed by atoms with Gasteiger partial charge in [0.15, 0.2) is 0 Å². The van der Waals surface area contributed by atoms with Gasteiger partial charge < -0.3 is 15.3 Å². The third-order valence-electron chi connectivity index (χ3n) is 6.34. The van der Waals surface area contributed by atoms with Gasteiger partial charge in [0, 0.05) is 5.69 Å². The number of nitrogens with one attached hydrogen (secondary N) is 1. The maximum atomic E-state index is 14.5. The number of carboxylic acids is 1. The second kappa shape index (κ2) is 9.75. The number of amides is 3. The molecule has 2 N–H and O–H groups in total. The monoisotopic (exact) mass is 540 g/mol. The highest BCUT2D eigenvalue weighted by Crippen LogP contribution is 2.39. The SMILES string of the molecule is CC1(C)C(=O)N(c2ccc(C#N)c(C(F)(F)F)c2)C(=O)N1Cc1ccccc1Nc1ccc(C(=O)O)cc1F. The van der Waals surface area contributed by atoms with E-state index < -0.39 is 46.6 Å². The molecule has 1 heterocycles. The molecule has 1 aliphatic rings. The van der Waals surface area contributed by atoms with Crippen molar-refractivity contribution < 1.29 is 37.1 Å². The number of imide groups is 1. The summed E-state index contributed by atoms with van der Waals surface area (Å²) in [6.07, 6.45) is -4.88. The number of nitriles is 1. The Labute approximate surface area is 219 Å². The maximum Gasteiger partial charge on any atom is 0.417 e. The van der Waals surface area contributed by atoms with Gasteiger partial charge >= 0.3 is 18.2 Å². The van der Waals surface area contributed by atoms with Crippen LogP contribution < -0.4 is 10.2 Å². The van der Waals surface area contributed by atoms with Crippen molar-refractivity contribution in [3.8, 4) is 6.07 Å². The van der Waals surface area contributed by atoms with E-state index in [1.165, 1.54) is 36.9 Å². The molecule has 0 bridgehead atoms. The van der Waals surface area contributed by atoms with Gasteiger partial charge in [0.05, 0.1) is 40.7 Å². The van der Waals surface area contributed by atoms with Crippen molar-refractivity contribution in [2.45, 2.75) is 32.1 Å². The fraction of sp³-hybridized carbons (Fsp3) is 0.185. The smallest absolute Gasteiger partial charge is 0.417 e. The second-order valence-corrected chi connectivity index (χ2v) is 9.19. The van der Waals surface area contributed by atoms with Crippen molar-refractivity contribution >= 4 is 35.0 Å². The highest BCUT2D eigenvalue weighted by Gasteiger charge is 2.52.